The maximum absolute atomic E-state index is 11.2. The van der Waals surface area contributed by atoms with E-state index in [1.54, 1.807) is 13.8 Å². The van der Waals surface area contributed by atoms with Gasteiger partial charge in [0.2, 0.25) is 0 Å². The number of hydrogen-bond acceptors (Lipinski definition) is 4. The number of nitrogens with one attached hydrogen (secondary N) is 1. The molecule has 3 aromatic rings. The summed E-state index contributed by atoms with van der Waals surface area (Å²) in [6.45, 7) is 9.54. The number of carbonyl (C=O) groups excluding carboxylic acids is 1. The smallest absolute Gasteiger partial charge is 0.151 e. The Hall–Kier alpha value is -2.63. The monoisotopic (exact) mass is 439 g/mol. The third kappa shape index (κ3) is 6.42. The van der Waals surface area contributed by atoms with Crippen molar-refractivity contribution in [3.05, 3.63) is 70.9 Å². The molecule has 0 aliphatic carbocycles. The van der Waals surface area contributed by atoms with Crippen LogP contribution in [0.2, 0.25) is 5.02 Å². The highest BCUT2D eigenvalue weighted by atomic mass is 35.5. The van der Waals surface area contributed by atoms with Gasteiger partial charge in [-0.05, 0) is 49.6 Å². The number of ether oxygens (including phenoxy) is 1. The number of aldehydes is 1. The Bertz CT molecular complexity index is 1030. The molecule has 0 atom stereocenters. The van der Waals surface area contributed by atoms with Crippen molar-refractivity contribution >= 4 is 23.6 Å². The molecule has 6 heteroatoms. The molecule has 2 aromatic carbocycles. The summed E-state index contributed by atoms with van der Waals surface area (Å²) in [7, 11) is 0. The van der Waals surface area contributed by atoms with Crippen molar-refractivity contribution in [2.24, 2.45) is 5.92 Å². The third-order valence-corrected chi connectivity index (χ3v) is 5.23. The van der Waals surface area contributed by atoms with Crippen LogP contribution in [0.15, 0.2) is 54.6 Å². The van der Waals surface area contributed by atoms with E-state index in [0.29, 0.717) is 17.5 Å². The van der Waals surface area contributed by atoms with Crippen LogP contribution in [0.4, 0.5) is 5.69 Å². The molecule has 0 bridgehead atoms. The summed E-state index contributed by atoms with van der Waals surface area (Å²) in [5, 5.41) is 8.94. The molecule has 0 aliphatic rings. The third-order valence-electron chi connectivity index (χ3n) is 4.86. The molecule has 1 aromatic heterocycles. The minimum atomic E-state index is -0.854. The first-order valence-corrected chi connectivity index (χ1v) is 10.9. The zero-order valence-electron chi connectivity index (χ0n) is 18.6. The summed E-state index contributed by atoms with van der Waals surface area (Å²) in [5.74, 6) is 0.555. The SMILES string of the molecule is CC(C)CNc1cccc(-c2cc(COC(C)(C)C=O)nn2Cc2ccccc2Cl)c1. The van der Waals surface area contributed by atoms with Gasteiger partial charge in [-0.1, -0.05) is 55.8 Å². The van der Waals surface area contributed by atoms with Gasteiger partial charge < -0.3 is 14.8 Å². The van der Waals surface area contributed by atoms with Gasteiger partial charge in [0.05, 0.1) is 24.5 Å². The van der Waals surface area contributed by atoms with Crippen molar-refractivity contribution in [3.63, 3.8) is 0 Å². The fourth-order valence-electron chi connectivity index (χ4n) is 3.09. The number of carbonyl (C=O) groups is 1. The highest BCUT2D eigenvalue weighted by Gasteiger charge is 2.19. The van der Waals surface area contributed by atoms with Crippen molar-refractivity contribution in [1.29, 1.82) is 0 Å². The van der Waals surface area contributed by atoms with Crippen LogP contribution in [0.3, 0.4) is 0 Å². The van der Waals surface area contributed by atoms with Gasteiger partial charge in [0.25, 0.3) is 0 Å². The first kappa shape index (κ1) is 23.0. The zero-order chi connectivity index (χ0) is 22.4. The normalized spacial score (nSPS) is 11.7. The van der Waals surface area contributed by atoms with Crippen LogP contribution in [0.5, 0.6) is 0 Å². The van der Waals surface area contributed by atoms with Crippen LogP contribution in [0, 0.1) is 5.92 Å². The molecule has 31 heavy (non-hydrogen) atoms. The number of hydrogen-bond donors (Lipinski definition) is 1. The van der Waals surface area contributed by atoms with Crippen LogP contribution in [-0.2, 0) is 22.7 Å². The van der Waals surface area contributed by atoms with E-state index in [4.69, 9.17) is 21.4 Å². The molecule has 3 rings (SSSR count). The molecule has 0 unspecified atom stereocenters. The topological polar surface area (TPSA) is 56.1 Å². The second-order valence-corrected chi connectivity index (χ2v) is 9.04. The minimum Gasteiger partial charge on any atom is -0.385 e. The molecular formula is C25H30ClN3O2. The maximum atomic E-state index is 11.2. The van der Waals surface area contributed by atoms with Gasteiger partial charge >= 0.3 is 0 Å². The second-order valence-electron chi connectivity index (χ2n) is 8.64. The number of benzene rings is 2. The minimum absolute atomic E-state index is 0.250. The van der Waals surface area contributed by atoms with Crippen LogP contribution in [0.25, 0.3) is 11.3 Å². The van der Waals surface area contributed by atoms with Crippen molar-refractivity contribution in [2.75, 3.05) is 11.9 Å². The van der Waals surface area contributed by atoms with Gasteiger partial charge in [-0.15, -0.1) is 0 Å². The highest BCUT2D eigenvalue weighted by molar-refractivity contribution is 6.31. The Morgan fingerprint density at radius 2 is 1.94 bits per heavy atom. The zero-order valence-corrected chi connectivity index (χ0v) is 19.3. The molecule has 0 amide bonds. The molecule has 1 heterocycles. The lowest BCUT2D eigenvalue weighted by Crippen LogP contribution is -2.25. The van der Waals surface area contributed by atoms with Crippen LogP contribution in [0.1, 0.15) is 39.0 Å². The molecule has 0 saturated carbocycles. The Morgan fingerprint density at radius 1 is 1.16 bits per heavy atom. The average molecular weight is 440 g/mol. The first-order chi connectivity index (χ1) is 14.8. The fourth-order valence-corrected chi connectivity index (χ4v) is 3.28. The van der Waals surface area contributed by atoms with E-state index in [1.165, 1.54) is 0 Å². The summed E-state index contributed by atoms with van der Waals surface area (Å²) >= 11 is 6.40. The van der Waals surface area contributed by atoms with Crippen LogP contribution >= 0.6 is 11.6 Å². The van der Waals surface area contributed by atoms with Gasteiger partial charge in [-0.25, -0.2) is 0 Å². The summed E-state index contributed by atoms with van der Waals surface area (Å²) in [4.78, 5) is 11.2. The Balaban J connectivity index is 1.94. The molecule has 0 spiro atoms. The molecule has 0 saturated heterocycles. The quantitative estimate of drug-likeness (QED) is 0.405. The van der Waals surface area contributed by atoms with E-state index in [0.717, 1.165) is 41.0 Å². The van der Waals surface area contributed by atoms with Crippen molar-refractivity contribution in [3.8, 4) is 11.3 Å². The van der Waals surface area contributed by atoms with Gasteiger partial charge in [-0.2, -0.15) is 5.10 Å². The van der Waals surface area contributed by atoms with Crippen molar-refractivity contribution in [1.82, 2.24) is 9.78 Å². The second kappa shape index (κ2) is 10.1. The predicted octanol–water partition coefficient (Wildman–Crippen LogP) is 5.81. The fraction of sp³-hybridized carbons (Fsp3) is 0.360. The lowest BCUT2D eigenvalue weighted by Gasteiger charge is -2.16. The lowest BCUT2D eigenvalue weighted by molar-refractivity contribution is -0.128. The van der Waals surface area contributed by atoms with Gasteiger partial charge in [0.1, 0.15) is 5.60 Å². The van der Waals surface area contributed by atoms with Gasteiger partial charge in [0.15, 0.2) is 6.29 Å². The van der Waals surface area contributed by atoms with E-state index in [1.807, 2.05) is 41.1 Å². The van der Waals surface area contributed by atoms with E-state index in [9.17, 15) is 4.79 Å². The largest absolute Gasteiger partial charge is 0.385 e. The molecule has 164 valence electrons. The highest BCUT2D eigenvalue weighted by Crippen LogP contribution is 2.27. The molecule has 0 fully saturated rings. The molecule has 0 aliphatic heterocycles. The molecule has 0 radical (unpaired) electrons. The van der Waals surface area contributed by atoms with Crippen LogP contribution in [-0.4, -0.2) is 28.2 Å². The van der Waals surface area contributed by atoms with Gasteiger partial charge in [0, 0.05) is 22.8 Å². The number of rotatable bonds is 10. The summed E-state index contributed by atoms with van der Waals surface area (Å²) in [6, 6.07) is 18.1. The standard InChI is InChI=1S/C25H30ClN3O2/c1-18(2)14-27-21-10-7-9-19(12-21)24-13-22(16-31-25(3,4)17-30)28-29(24)15-20-8-5-6-11-23(20)26/h5-13,17-18,27H,14-16H2,1-4H3. The number of anilines is 1. The predicted molar refractivity (Wildman–Crippen MR) is 126 cm³/mol. The average Bonchev–Trinajstić information content (AvgIpc) is 3.15. The maximum Gasteiger partial charge on any atom is 0.151 e. The Kier molecular flexibility index (Phi) is 7.52. The summed E-state index contributed by atoms with van der Waals surface area (Å²) in [6.07, 6.45) is 0.804. The van der Waals surface area contributed by atoms with Crippen molar-refractivity contribution < 1.29 is 9.53 Å². The van der Waals surface area contributed by atoms with Gasteiger partial charge in [-0.3, -0.25) is 4.68 Å². The summed E-state index contributed by atoms with van der Waals surface area (Å²) in [5.41, 5.74) is 3.98. The number of aromatic nitrogens is 2. The van der Waals surface area contributed by atoms with Crippen molar-refractivity contribution in [2.45, 2.75) is 46.4 Å². The molecular weight excluding hydrogens is 410 g/mol. The summed E-state index contributed by atoms with van der Waals surface area (Å²) < 4.78 is 7.69. The molecule has 5 nitrogen and oxygen atoms in total. The van der Waals surface area contributed by atoms with Crippen LogP contribution < -0.4 is 5.32 Å². The molecule has 1 N–H and O–H groups in total. The van der Waals surface area contributed by atoms with E-state index < -0.39 is 5.60 Å². The number of nitrogens with zero attached hydrogens (tertiary/aromatic N) is 2. The number of halogens is 1. The lowest BCUT2D eigenvalue weighted by atomic mass is 10.1. The Morgan fingerprint density at radius 3 is 2.65 bits per heavy atom. The van der Waals surface area contributed by atoms with E-state index >= 15 is 0 Å². The van der Waals surface area contributed by atoms with E-state index in [2.05, 4.69) is 37.4 Å². The Labute approximate surface area is 189 Å². The first-order valence-electron chi connectivity index (χ1n) is 10.5. The van der Waals surface area contributed by atoms with E-state index in [-0.39, 0.29) is 6.61 Å².